The van der Waals surface area contributed by atoms with E-state index in [-0.39, 0.29) is 5.54 Å². The van der Waals surface area contributed by atoms with Gasteiger partial charge in [-0.3, -0.25) is 0 Å². The molecule has 1 aromatic heterocycles. The van der Waals surface area contributed by atoms with Gasteiger partial charge in [0.25, 0.3) is 0 Å². The van der Waals surface area contributed by atoms with Gasteiger partial charge in [0, 0.05) is 18.2 Å². The first-order valence-corrected chi connectivity index (χ1v) is 5.94. The summed E-state index contributed by atoms with van der Waals surface area (Å²) in [6.45, 7) is 4.77. The Morgan fingerprint density at radius 1 is 1.28 bits per heavy atom. The van der Waals surface area contributed by atoms with Crippen LogP contribution in [-0.2, 0) is 4.74 Å². The minimum absolute atomic E-state index is 0.150. The standard InChI is InChI=1S/C14H19N3O/c1-14(2,9-18-3)17-13-7-4-10-8-11(15)5-6-12(10)16-13/h4-8H,9,15H2,1-3H3,(H,16,17). The summed E-state index contributed by atoms with van der Waals surface area (Å²) in [4.78, 5) is 4.56. The lowest BCUT2D eigenvalue weighted by Crippen LogP contribution is -2.36. The molecule has 0 fully saturated rings. The van der Waals surface area contributed by atoms with Crippen molar-refractivity contribution in [3.05, 3.63) is 30.3 Å². The Balaban J connectivity index is 2.28. The van der Waals surface area contributed by atoms with Gasteiger partial charge < -0.3 is 15.8 Å². The van der Waals surface area contributed by atoms with E-state index in [0.717, 1.165) is 22.4 Å². The summed E-state index contributed by atoms with van der Waals surface area (Å²) in [5.41, 5.74) is 7.28. The van der Waals surface area contributed by atoms with Gasteiger partial charge in [0.2, 0.25) is 0 Å². The number of aromatic nitrogens is 1. The van der Waals surface area contributed by atoms with Gasteiger partial charge in [-0.15, -0.1) is 0 Å². The van der Waals surface area contributed by atoms with E-state index in [2.05, 4.69) is 24.1 Å². The van der Waals surface area contributed by atoms with Crippen molar-refractivity contribution in [1.82, 2.24) is 4.98 Å². The number of methoxy groups -OCH3 is 1. The van der Waals surface area contributed by atoms with Crippen LogP contribution in [0.1, 0.15) is 13.8 Å². The molecule has 2 rings (SSSR count). The first-order chi connectivity index (χ1) is 8.50. The van der Waals surface area contributed by atoms with Crippen LogP contribution in [0.15, 0.2) is 30.3 Å². The second kappa shape index (κ2) is 4.82. The average molecular weight is 245 g/mol. The largest absolute Gasteiger partial charge is 0.399 e. The van der Waals surface area contributed by atoms with Gasteiger partial charge in [0.1, 0.15) is 5.82 Å². The Morgan fingerprint density at radius 2 is 2.06 bits per heavy atom. The van der Waals surface area contributed by atoms with E-state index >= 15 is 0 Å². The fraction of sp³-hybridized carbons (Fsp3) is 0.357. The highest BCUT2D eigenvalue weighted by molar-refractivity contribution is 5.83. The number of nitrogens with one attached hydrogen (secondary N) is 1. The van der Waals surface area contributed by atoms with Crippen LogP contribution in [0.3, 0.4) is 0 Å². The van der Waals surface area contributed by atoms with Crippen molar-refractivity contribution in [1.29, 1.82) is 0 Å². The summed E-state index contributed by atoms with van der Waals surface area (Å²) in [5, 5.41) is 4.40. The number of benzene rings is 1. The minimum atomic E-state index is -0.150. The van der Waals surface area contributed by atoms with E-state index in [1.54, 1.807) is 7.11 Å². The van der Waals surface area contributed by atoms with Gasteiger partial charge in [-0.25, -0.2) is 4.98 Å². The lowest BCUT2D eigenvalue weighted by molar-refractivity contribution is 0.158. The molecule has 0 saturated heterocycles. The highest BCUT2D eigenvalue weighted by atomic mass is 16.5. The molecule has 1 aromatic carbocycles. The molecule has 3 N–H and O–H groups in total. The molecule has 0 radical (unpaired) electrons. The second-order valence-corrected chi connectivity index (χ2v) is 5.09. The van der Waals surface area contributed by atoms with Gasteiger partial charge in [-0.2, -0.15) is 0 Å². The number of ether oxygens (including phenoxy) is 1. The van der Waals surface area contributed by atoms with E-state index in [1.807, 2.05) is 30.3 Å². The molecule has 0 amide bonds. The predicted molar refractivity (Wildman–Crippen MR) is 75.7 cm³/mol. The van der Waals surface area contributed by atoms with Crippen LogP contribution >= 0.6 is 0 Å². The van der Waals surface area contributed by atoms with Crippen molar-refractivity contribution in [2.24, 2.45) is 0 Å². The zero-order valence-electron chi connectivity index (χ0n) is 11.0. The van der Waals surface area contributed by atoms with Crippen molar-refractivity contribution in [2.75, 3.05) is 24.8 Å². The number of fused-ring (bicyclic) bond motifs is 1. The summed E-state index contributed by atoms with van der Waals surface area (Å²) < 4.78 is 5.18. The second-order valence-electron chi connectivity index (χ2n) is 5.09. The molecular formula is C14H19N3O. The maximum absolute atomic E-state index is 5.74. The Hall–Kier alpha value is -1.81. The molecule has 96 valence electrons. The quantitative estimate of drug-likeness (QED) is 0.813. The molecular weight excluding hydrogens is 226 g/mol. The minimum Gasteiger partial charge on any atom is -0.399 e. The molecule has 0 aliphatic rings. The van der Waals surface area contributed by atoms with Crippen molar-refractivity contribution in [2.45, 2.75) is 19.4 Å². The third-order valence-electron chi connectivity index (χ3n) is 2.68. The maximum Gasteiger partial charge on any atom is 0.127 e. The van der Waals surface area contributed by atoms with Crippen LogP contribution in [-0.4, -0.2) is 24.2 Å². The van der Waals surface area contributed by atoms with Crippen molar-refractivity contribution in [3.8, 4) is 0 Å². The van der Waals surface area contributed by atoms with Crippen molar-refractivity contribution < 1.29 is 4.74 Å². The summed E-state index contributed by atoms with van der Waals surface area (Å²) in [7, 11) is 1.69. The number of nitrogen functional groups attached to an aromatic ring is 1. The summed E-state index contributed by atoms with van der Waals surface area (Å²) >= 11 is 0. The Morgan fingerprint density at radius 3 is 2.78 bits per heavy atom. The van der Waals surface area contributed by atoms with E-state index in [1.165, 1.54) is 0 Å². The number of anilines is 2. The molecule has 0 saturated carbocycles. The maximum atomic E-state index is 5.74. The third-order valence-corrected chi connectivity index (χ3v) is 2.68. The highest BCUT2D eigenvalue weighted by Gasteiger charge is 2.17. The van der Waals surface area contributed by atoms with Gasteiger partial charge >= 0.3 is 0 Å². The normalized spacial score (nSPS) is 11.7. The van der Waals surface area contributed by atoms with Crippen molar-refractivity contribution >= 4 is 22.4 Å². The topological polar surface area (TPSA) is 60.2 Å². The third kappa shape index (κ3) is 2.90. The fourth-order valence-corrected chi connectivity index (χ4v) is 1.96. The molecule has 2 aromatic rings. The van der Waals surface area contributed by atoms with Crippen LogP contribution in [0.2, 0.25) is 0 Å². The zero-order chi connectivity index (χ0) is 13.2. The van der Waals surface area contributed by atoms with Crippen LogP contribution in [0.25, 0.3) is 10.9 Å². The molecule has 0 bridgehead atoms. The summed E-state index contributed by atoms with van der Waals surface area (Å²) in [6.07, 6.45) is 0. The summed E-state index contributed by atoms with van der Waals surface area (Å²) in [5.74, 6) is 0.842. The van der Waals surface area contributed by atoms with Crippen LogP contribution in [0.5, 0.6) is 0 Å². The number of hydrogen-bond acceptors (Lipinski definition) is 4. The molecule has 0 unspecified atom stereocenters. The molecule has 4 heteroatoms. The first-order valence-electron chi connectivity index (χ1n) is 5.94. The molecule has 0 spiro atoms. The SMILES string of the molecule is COCC(C)(C)Nc1ccc2cc(N)ccc2n1. The molecule has 4 nitrogen and oxygen atoms in total. The van der Waals surface area contributed by atoms with E-state index in [4.69, 9.17) is 10.5 Å². The smallest absolute Gasteiger partial charge is 0.127 e. The molecule has 1 heterocycles. The number of hydrogen-bond donors (Lipinski definition) is 2. The van der Waals surface area contributed by atoms with Crippen LogP contribution in [0.4, 0.5) is 11.5 Å². The van der Waals surface area contributed by atoms with Gasteiger partial charge in [-0.05, 0) is 44.2 Å². The number of rotatable bonds is 4. The Labute approximate surface area is 107 Å². The fourth-order valence-electron chi connectivity index (χ4n) is 1.96. The van der Waals surface area contributed by atoms with Crippen molar-refractivity contribution in [3.63, 3.8) is 0 Å². The van der Waals surface area contributed by atoms with E-state index in [0.29, 0.717) is 6.61 Å². The van der Waals surface area contributed by atoms with Gasteiger partial charge in [0.05, 0.1) is 17.7 Å². The number of pyridine rings is 1. The predicted octanol–water partition coefficient (Wildman–Crippen LogP) is 2.65. The molecule has 0 aliphatic heterocycles. The number of nitrogens with zero attached hydrogens (tertiary/aromatic N) is 1. The van der Waals surface area contributed by atoms with E-state index in [9.17, 15) is 0 Å². The Kier molecular flexibility index (Phi) is 3.39. The van der Waals surface area contributed by atoms with Crippen LogP contribution < -0.4 is 11.1 Å². The summed E-state index contributed by atoms with van der Waals surface area (Å²) in [6, 6.07) is 9.69. The Bertz CT molecular complexity index is 552. The highest BCUT2D eigenvalue weighted by Crippen LogP contribution is 2.20. The number of nitrogens with two attached hydrogens (primary N) is 1. The first kappa shape index (κ1) is 12.6. The zero-order valence-corrected chi connectivity index (χ0v) is 11.0. The molecule has 18 heavy (non-hydrogen) atoms. The van der Waals surface area contributed by atoms with Gasteiger partial charge in [0.15, 0.2) is 0 Å². The lowest BCUT2D eigenvalue weighted by Gasteiger charge is -2.26. The molecule has 0 aliphatic carbocycles. The molecule has 0 atom stereocenters. The van der Waals surface area contributed by atoms with Gasteiger partial charge in [-0.1, -0.05) is 0 Å². The monoisotopic (exact) mass is 245 g/mol. The lowest BCUT2D eigenvalue weighted by atomic mass is 10.1. The average Bonchev–Trinajstić information content (AvgIpc) is 2.28. The van der Waals surface area contributed by atoms with Crippen LogP contribution in [0, 0.1) is 0 Å². The van der Waals surface area contributed by atoms with E-state index < -0.39 is 0 Å².